The van der Waals surface area contributed by atoms with E-state index in [0.717, 1.165) is 43.4 Å². The Hall–Kier alpha value is -3.45. The third kappa shape index (κ3) is 5.68. The van der Waals surface area contributed by atoms with Crippen LogP contribution in [-0.2, 0) is 27.5 Å². The molecular weight excluding hydrogens is 472 g/mol. The molecule has 5 rings (SSSR count). The monoisotopic (exact) mass is 502 g/mol. The minimum absolute atomic E-state index is 0.0426. The smallest absolute Gasteiger partial charge is 0.258 e. The molecule has 1 fully saturated rings. The van der Waals surface area contributed by atoms with Gasteiger partial charge >= 0.3 is 0 Å². The van der Waals surface area contributed by atoms with E-state index in [0.29, 0.717) is 28.6 Å². The highest BCUT2D eigenvalue weighted by Gasteiger charge is 2.29. The van der Waals surface area contributed by atoms with Gasteiger partial charge in [-0.3, -0.25) is 9.59 Å². The Balaban J connectivity index is 1.20. The number of para-hydroxylation sites is 1. The number of benzene rings is 3. The zero-order valence-electron chi connectivity index (χ0n) is 20.2. The maximum atomic E-state index is 13.2. The molecule has 1 heterocycles. The fraction of sp³-hybridized carbons (Fsp3) is 0.310. The zero-order valence-corrected chi connectivity index (χ0v) is 21.0. The first-order chi connectivity index (χ1) is 17.4. The third-order valence-electron chi connectivity index (χ3n) is 6.82. The maximum Gasteiger partial charge on any atom is 0.258 e. The van der Waals surface area contributed by atoms with Gasteiger partial charge in [0.2, 0.25) is 5.91 Å². The quantitative estimate of drug-likeness (QED) is 0.491. The van der Waals surface area contributed by atoms with Crippen LogP contribution >= 0.6 is 0 Å². The molecule has 36 heavy (non-hydrogen) atoms. The Bertz CT molecular complexity index is 1360. The number of fused-ring (bicyclic) bond motifs is 1. The van der Waals surface area contributed by atoms with Crippen molar-refractivity contribution >= 4 is 33.0 Å². The summed E-state index contributed by atoms with van der Waals surface area (Å²) in [5, 5.41) is 2.86. The number of anilines is 2. The van der Waals surface area contributed by atoms with Crippen LogP contribution in [0, 0.1) is 5.92 Å². The molecule has 0 spiro atoms. The maximum absolute atomic E-state index is 13.2. The van der Waals surface area contributed by atoms with E-state index < -0.39 is 9.84 Å². The average Bonchev–Trinajstić information content (AvgIpc) is 3.70. The standard InChI is InChI=1S/C29H30N2O4S/c32-28(19-21-10-16-26(17-11-21)36(34,35)20-22-8-9-22)30-25-14-12-24(13-15-25)29(33)31-18-4-3-6-23-5-1-2-7-27(23)31/h1-2,5,7,10-17,22H,3-4,6,8-9,18-20H2,(H,30,32). The van der Waals surface area contributed by atoms with Crippen LogP contribution in [0.25, 0.3) is 0 Å². The fourth-order valence-corrected chi connectivity index (χ4v) is 6.35. The molecule has 0 radical (unpaired) electrons. The molecule has 3 aromatic carbocycles. The molecular formula is C29H30N2O4S. The molecule has 3 aromatic rings. The molecule has 0 saturated heterocycles. The van der Waals surface area contributed by atoms with Crippen LogP contribution in [0.5, 0.6) is 0 Å². The van der Waals surface area contributed by atoms with Crippen molar-refractivity contribution in [2.45, 2.75) is 43.4 Å². The molecule has 0 bridgehead atoms. The summed E-state index contributed by atoms with van der Waals surface area (Å²) in [6.45, 7) is 0.689. The van der Waals surface area contributed by atoms with Crippen LogP contribution in [-0.4, -0.2) is 32.5 Å². The second-order valence-corrected chi connectivity index (χ2v) is 11.7. The van der Waals surface area contributed by atoms with E-state index in [1.807, 2.05) is 23.1 Å². The summed E-state index contributed by atoms with van der Waals surface area (Å²) in [4.78, 5) is 28.0. The molecule has 2 aliphatic rings. The first kappa shape index (κ1) is 24.3. The van der Waals surface area contributed by atoms with Gasteiger partial charge in [-0.25, -0.2) is 8.42 Å². The molecule has 1 aliphatic heterocycles. The predicted molar refractivity (Wildman–Crippen MR) is 141 cm³/mol. The molecule has 6 nitrogen and oxygen atoms in total. The lowest BCUT2D eigenvalue weighted by Gasteiger charge is -2.23. The van der Waals surface area contributed by atoms with Crippen molar-refractivity contribution in [1.82, 2.24) is 0 Å². The lowest BCUT2D eigenvalue weighted by atomic mass is 10.1. The SMILES string of the molecule is O=C(Cc1ccc(S(=O)(=O)CC2CC2)cc1)Nc1ccc(C(=O)N2CCCCc3ccccc32)cc1. The first-order valence-corrected chi connectivity index (χ1v) is 14.2. The van der Waals surface area contributed by atoms with Crippen molar-refractivity contribution in [2.24, 2.45) is 5.92 Å². The van der Waals surface area contributed by atoms with Gasteiger partial charge in [0, 0.05) is 23.5 Å². The molecule has 1 saturated carbocycles. The second kappa shape index (κ2) is 10.3. The molecule has 1 aliphatic carbocycles. The number of nitrogens with one attached hydrogen (secondary N) is 1. The summed E-state index contributed by atoms with van der Waals surface area (Å²) in [5.41, 5.74) is 4.10. The van der Waals surface area contributed by atoms with Crippen LogP contribution in [0.4, 0.5) is 11.4 Å². The normalized spacial score (nSPS) is 15.6. The number of amides is 2. The molecule has 0 unspecified atom stereocenters. The van der Waals surface area contributed by atoms with Crippen molar-refractivity contribution in [3.05, 3.63) is 89.5 Å². The Labute approximate surface area is 212 Å². The van der Waals surface area contributed by atoms with Crippen LogP contribution < -0.4 is 10.2 Å². The summed E-state index contributed by atoms with van der Waals surface area (Å²) < 4.78 is 24.8. The average molecular weight is 503 g/mol. The van der Waals surface area contributed by atoms with Gasteiger partial charge in [-0.2, -0.15) is 0 Å². The number of rotatable bonds is 7. The lowest BCUT2D eigenvalue weighted by molar-refractivity contribution is -0.115. The number of hydrogen-bond acceptors (Lipinski definition) is 4. The van der Waals surface area contributed by atoms with Gasteiger partial charge in [0.05, 0.1) is 17.1 Å². The van der Waals surface area contributed by atoms with Crippen LogP contribution in [0.1, 0.15) is 47.2 Å². The number of nitrogens with zero attached hydrogens (tertiary/aromatic N) is 1. The van der Waals surface area contributed by atoms with Gasteiger partial charge in [-0.05, 0) is 91.6 Å². The van der Waals surface area contributed by atoms with Crippen molar-refractivity contribution in [1.29, 1.82) is 0 Å². The van der Waals surface area contributed by atoms with E-state index in [9.17, 15) is 18.0 Å². The molecule has 7 heteroatoms. The summed E-state index contributed by atoms with van der Waals surface area (Å²) in [7, 11) is -3.26. The highest BCUT2D eigenvalue weighted by molar-refractivity contribution is 7.91. The Morgan fingerprint density at radius 3 is 2.33 bits per heavy atom. The third-order valence-corrected chi connectivity index (χ3v) is 8.72. The Kier molecular flexibility index (Phi) is 6.92. The van der Waals surface area contributed by atoms with E-state index in [1.165, 1.54) is 5.56 Å². The highest BCUT2D eigenvalue weighted by atomic mass is 32.2. The van der Waals surface area contributed by atoms with E-state index in [1.54, 1.807) is 48.5 Å². The zero-order chi connectivity index (χ0) is 25.1. The second-order valence-electron chi connectivity index (χ2n) is 9.71. The van der Waals surface area contributed by atoms with Gasteiger partial charge in [0.25, 0.3) is 5.91 Å². The number of carbonyl (C=O) groups is 2. The van der Waals surface area contributed by atoms with Crippen LogP contribution in [0.15, 0.2) is 77.7 Å². The summed E-state index contributed by atoms with van der Waals surface area (Å²) >= 11 is 0. The lowest BCUT2D eigenvalue weighted by Crippen LogP contribution is -2.31. The molecule has 1 N–H and O–H groups in total. The molecule has 0 atom stereocenters. The van der Waals surface area contributed by atoms with Gasteiger partial charge in [-0.15, -0.1) is 0 Å². The molecule has 0 aromatic heterocycles. The van der Waals surface area contributed by atoms with Gasteiger partial charge in [0.15, 0.2) is 9.84 Å². The fourth-order valence-electron chi connectivity index (χ4n) is 4.65. The van der Waals surface area contributed by atoms with Crippen molar-refractivity contribution < 1.29 is 18.0 Å². The summed E-state index contributed by atoms with van der Waals surface area (Å²) in [6, 6.07) is 21.6. The minimum atomic E-state index is -3.26. The van der Waals surface area contributed by atoms with Crippen LogP contribution in [0.3, 0.4) is 0 Å². The topological polar surface area (TPSA) is 83.5 Å². The van der Waals surface area contributed by atoms with E-state index in [-0.39, 0.29) is 24.0 Å². The van der Waals surface area contributed by atoms with Crippen molar-refractivity contribution in [2.75, 3.05) is 22.5 Å². The summed E-state index contributed by atoms with van der Waals surface area (Å²) in [6.07, 6.45) is 5.10. The Morgan fingerprint density at radius 2 is 1.61 bits per heavy atom. The van der Waals surface area contributed by atoms with E-state index >= 15 is 0 Å². The van der Waals surface area contributed by atoms with Gasteiger partial charge < -0.3 is 10.2 Å². The number of hydrogen-bond donors (Lipinski definition) is 1. The summed E-state index contributed by atoms with van der Waals surface area (Å²) in [5.74, 6) is 0.251. The van der Waals surface area contributed by atoms with E-state index in [2.05, 4.69) is 11.4 Å². The minimum Gasteiger partial charge on any atom is -0.326 e. The molecule has 2 amide bonds. The van der Waals surface area contributed by atoms with Gasteiger partial charge in [-0.1, -0.05) is 30.3 Å². The van der Waals surface area contributed by atoms with E-state index in [4.69, 9.17) is 0 Å². The number of carbonyl (C=O) groups excluding carboxylic acids is 2. The first-order valence-electron chi connectivity index (χ1n) is 12.5. The largest absolute Gasteiger partial charge is 0.326 e. The number of aryl methyl sites for hydroxylation is 1. The molecule has 186 valence electrons. The highest BCUT2D eigenvalue weighted by Crippen LogP contribution is 2.32. The van der Waals surface area contributed by atoms with Crippen molar-refractivity contribution in [3.63, 3.8) is 0 Å². The Morgan fingerprint density at radius 1 is 0.889 bits per heavy atom. The predicted octanol–water partition coefficient (Wildman–Crippen LogP) is 5.03. The number of sulfone groups is 1. The van der Waals surface area contributed by atoms with Crippen molar-refractivity contribution in [3.8, 4) is 0 Å². The van der Waals surface area contributed by atoms with Crippen LogP contribution in [0.2, 0.25) is 0 Å². The van der Waals surface area contributed by atoms with Gasteiger partial charge in [0.1, 0.15) is 0 Å².